The Morgan fingerprint density at radius 2 is 2.20 bits per heavy atom. The standard InChI is InChI=1S/C13H23NO/c1-4-6-13(7-8-14-10-13)12(15)9-11(3)5-2/h14H,3-10H2,1-2H3. The van der Waals surface area contributed by atoms with E-state index in [2.05, 4.69) is 25.7 Å². The molecule has 0 aliphatic carbocycles. The molecule has 0 aromatic carbocycles. The van der Waals surface area contributed by atoms with Gasteiger partial charge in [0.2, 0.25) is 0 Å². The molecule has 0 aromatic rings. The monoisotopic (exact) mass is 209 g/mol. The van der Waals surface area contributed by atoms with E-state index in [1.54, 1.807) is 0 Å². The van der Waals surface area contributed by atoms with E-state index in [9.17, 15) is 4.79 Å². The van der Waals surface area contributed by atoms with Gasteiger partial charge in [-0.3, -0.25) is 4.79 Å². The maximum atomic E-state index is 12.2. The highest BCUT2D eigenvalue weighted by atomic mass is 16.1. The van der Waals surface area contributed by atoms with Gasteiger partial charge in [0.25, 0.3) is 0 Å². The summed E-state index contributed by atoms with van der Waals surface area (Å²) in [6.07, 6.45) is 4.62. The summed E-state index contributed by atoms with van der Waals surface area (Å²) in [7, 11) is 0. The Morgan fingerprint density at radius 1 is 1.47 bits per heavy atom. The lowest BCUT2D eigenvalue weighted by molar-refractivity contribution is -0.127. The SMILES string of the molecule is C=C(CC)CC(=O)C1(CCC)CCNC1. The van der Waals surface area contributed by atoms with Crippen LogP contribution in [-0.2, 0) is 4.79 Å². The first-order valence-corrected chi connectivity index (χ1v) is 6.05. The summed E-state index contributed by atoms with van der Waals surface area (Å²) in [6.45, 7) is 10.0. The first-order valence-electron chi connectivity index (χ1n) is 6.05. The molecule has 2 nitrogen and oxygen atoms in total. The number of allylic oxidation sites excluding steroid dienone is 1. The lowest BCUT2D eigenvalue weighted by atomic mass is 9.76. The van der Waals surface area contributed by atoms with Gasteiger partial charge in [0.1, 0.15) is 5.78 Å². The fourth-order valence-corrected chi connectivity index (χ4v) is 2.35. The highest BCUT2D eigenvalue weighted by molar-refractivity contribution is 5.87. The van der Waals surface area contributed by atoms with Crippen molar-refractivity contribution in [1.29, 1.82) is 0 Å². The molecule has 1 saturated heterocycles. The molecule has 1 rings (SSSR count). The van der Waals surface area contributed by atoms with E-state index in [4.69, 9.17) is 0 Å². The Balaban J connectivity index is 2.63. The van der Waals surface area contributed by atoms with Crippen LogP contribution in [0.1, 0.15) is 46.0 Å². The predicted molar refractivity (Wildman–Crippen MR) is 63.9 cm³/mol. The van der Waals surface area contributed by atoms with E-state index in [0.29, 0.717) is 12.2 Å². The number of nitrogens with one attached hydrogen (secondary N) is 1. The molecule has 0 aromatic heterocycles. The largest absolute Gasteiger partial charge is 0.316 e. The molecule has 1 aliphatic heterocycles. The highest BCUT2D eigenvalue weighted by Crippen LogP contribution is 2.34. The van der Waals surface area contributed by atoms with Crippen LogP contribution < -0.4 is 5.32 Å². The van der Waals surface area contributed by atoms with Crippen LogP contribution in [0.4, 0.5) is 0 Å². The van der Waals surface area contributed by atoms with Crippen LogP contribution >= 0.6 is 0 Å². The molecule has 15 heavy (non-hydrogen) atoms. The number of hydrogen-bond donors (Lipinski definition) is 1. The van der Waals surface area contributed by atoms with Crippen LogP contribution in [-0.4, -0.2) is 18.9 Å². The van der Waals surface area contributed by atoms with E-state index in [-0.39, 0.29) is 5.41 Å². The van der Waals surface area contributed by atoms with E-state index in [1.165, 1.54) is 0 Å². The minimum absolute atomic E-state index is 0.0765. The van der Waals surface area contributed by atoms with Crippen LogP contribution in [0.3, 0.4) is 0 Å². The summed E-state index contributed by atoms with van der Waals surface area (Å²) < 4.78 is 0. The quantitative estimate of drug-likeness (QED) is 0.681. The average molecular weight is 209 g/mol. The van der Waals surface area contributed by atoms with E-state index < -0.39 is 0 Å². The number of ketones is 1. The molecule has 1 atom stereocenters. The molecule has 1 aliphatic rings. The molecule has 0 bridgehead atoms. The van der Waals surface area contributed by atoms with Crippen molar-refractivity contribution in [2.24, 2.45) is 5.41 Å². The summed E-state index contributed by atoms with van der Waals surface area (Å²) >= 11 is 0. The van der Waals surface area contributed by atoms with E-state index >= 15 is 0 Å². The Labute approximate surface area is 93.1 Å². The Morgan fingerprint density at radius 3 is 2.67 bits per heavy atom. The van der Waals surface area contributed by atoms with Gasteiger partial charge >= 0.3 is 0 Å². The van der Waals surface area contributed by atoms with Crippen molar-refractivity contribution in [2.75, 3.05) is 13.1 Å². The Hall–Kier alpha value is -0.630. The third kappa shape index (κ3) is 2.91. The van der Waals surface area contributed by atoms with Crippen LogP contribution in [0.2, 0.25) is 0 Å². The van der Waals surface area contributed by atoms with Crippen molar-refractivity contribution in [3.8, 4) is 0 Å². The third-order valence-corrected chi connectivity index (χ3v) is 3.47. The molecule has 0 amide bonds. The van der Waals surface area contributed by atoms with Gasteiger partial charge in [-0.2, -0.15) is 0 Å². The van der Waals surface area contributed by atoms with E-state index in [1.807, 2.05) is 0 Å². The fraction of sp³-hybridized carbons (Fsp3) is 0.769. The van der Waals surface area contributed by atoms with Gasteiger partial charge in [0, 0.05) is 18.4 Å². The molecular weight excluding hydrogens is 186 g/mol. The average Bonchev–Trinajstić information content (AvgIpc) is 2.68. The smallest absolute Gasteiger partial charge is 0.144 e. The lowest BCUT2D eigenvalue weighted by Gasteiger charge is -2.26. The fourth-order valence-electron chi connectivity index (χ4n) is 2.35. The van der Waals surface area contributed by atoms with Gasteiger partial charge in [-0.15, -0.1) is 0 Å². The number of carbonyl (C=O) groups excluding carboxylic acids is 1. The second kappa shape index (κ2) is 5.45. The minimum atomic E-state index is -0.0765. The lowest BCUT2D eigenvalue weighted by Crippen LogP contribution is -2.33. The molecule has 1 unspecified atom stereocenters. The van der Waals surface area contributed by atoms with E-state index in [0.717, 1.165) is 44.3 Å². The van der Waals surface area contributed by atoms with Crippen molar-refractivity contribution in [2.45, 2.75) is 46.0 Å². The van der Waals surface area contributed by atoms with Crippen LogP contribution in [0.25, 0.3) is 0 Å². The summed E-state index contributed by atoms with van der Waals surface area (Å²) in [4.78, 5) is 12.2. The molecule has 0 spiro atoms. The molecule has 0 saturated carbocycles. The first-order chi connectivity index (χ1) is 7.14. The summed E-state index contributed by atoms with van der Waals surface area (Å²) in [5.41, 5.74) is 0.995. The van der Waals surface area contributed by atoms with Gasteiger partial charge in [-0.25, -0.2) is 0 Å². The topological polar surface area (TPSA) is 29.1 Å². The molecule has 86 valence electrons. The van der Waals surface area contributed by atoms with Gasteiger partial charge in [0.15, 0.2) is 0 Å². The zero-order valence-corrected chi connectivity index (χ0v) is 10.1. The van der Waals surface area contributed by atoms with Crippen molar-refractivity contribution < 1.29 is 4.79 Å². The highest BCUT2D eigenvalue weighted by Gasteiger charge is 2.39. The second-order valence-corrected chi connectivity index (χ2v) is 4.66. The van der Waals surface area contributed by atoms with Crippen molar-refractivity contribution in [1.82, 2.24) is 5.32 Å². The Bertz CT molecular complexity index is 239. The third-order valence-electron chi connectivity index (χ3n) is 3.47. The van der Waals surface area contributed by atoms with Gasteiger partial charge in [-0.05, 0) is 25.8 Å². The predicted octanol–water partition coefficient (Wildman–Crippen LogP) is 2.69. The maximum absolute atomic E-state index is 12.2. The number of rotatable bonds is 6. The molecule has 2 heteroatoms. The molecule has 1 N–H and O–H groups in total. The van der Waals surface area contributed by atoms with Crippen LogP contribution in [0, 0.1) is 5.41 Å². The van der Waals surface area contributed by atoms with Crippen LogP contribution in [0.5, 0.6) is 0 Å². The minimum Gasteiger partial charge on any atom is -0.316 e. The van der Waals surface area contributed by atoms with Crippen molar-refractivity contribution in [3.63, 3.8) is 0 Å². The Kier molecular flexibility index (Phi) is 4.52. The second-order valence-electron chi connectivity index (χ2n) is 4.66. The van der Waals surface area contributed by atoms with Crippen molar-refractivity contribution >= 4 is 5.78 Å². The number of Topliss-reactive ketones (excluding diaryl/α,β-unsaturated/α-hetero) is 1. The van der Waals surface area contributed by atoms with Gasteiger partial charge < -0.3 is 5.32 Å². The number of hydrogen-bond acceptors (Lipinski definition) is 2. The first kappa shape index (κ1) is 12.4. The van der Waals surface area contributed by atoms with Crippen molar-refractivity contribution in [3.05, 3.63) is 12.2 Å². The van der Waals surface area contributed by atoms with Gasteiger partial charge in [0.05, 0.1) is 0 Å². The number of carbonyl (C=O) groups is 1. The zero-order valence-electron chi connectivity index (χ0n) is 10.1. The molecule has 1 fully saturated rings. The maximum Gasteiger partial charge on any atom is 0.144 e. The summed E-state index contributed by atoms with van der Waals surface area (Å²) in [5, 5.41) is 3.32. The van der Waals surface area contributed by atoms with Crippen LogP contribution in [0.15, 0.2) is 12.2 Å². The normalized spacial score (nSPS) is 25.5. The van der Waals surface area contributed by atoms with Gasteiger partial charge in [-0.1, -0.05) is 32.4 Å². The summed E-state index contributed by atoms with van der Waals surface area (Å²) in [6, 6.07) is 0. The summed E-state index contributed by atoms with van der Waals surface area (Å²) in [5.74, 6) is 0.404. The molecular formula is C13H23NO. The zero-order chi connectivity index (χ0) is 11.3. The molecule has 0 radical (unpaired) electrons. The molecule has 1 heterocycles.